The SMILES string of the molecule is CC(=O)c1ccc(Sc2cc(C)nn2C)c([N+](=O)[O-])c1. The minimum absolute atomic E-state index is 0.0680. The number of Topliss-reactive ketones (excluding diaryl/α,β-unsaturated/α-hetero) is 1. The Kier molecular flexibility index (Phi) is 3.89. The number of nitro groups is 1. The van der Waals surface area contributed by atoms with Crippen LogP contribution >= 0.6 is 11.8 Å². The molecule has 0 bridgehead atoms. The molecule has 1 aromatic heterocycles. The maximum Gasteiger partial charge on any atom is 0.284 e. The zero-order valence-corrected chi connectivity index (χ0v) is 12.1. The fourth-order valence-corrected chi connectivity index (χ4v) is 2.76. The maximum atomic E-state index is 11.3. The van der Waals surface area contributed by atoms with E-state index in [1.165, 1.54) is 24.8 Å². The molecule has 0 N–H and O–H groups in total. The van der Waals surface area contributed by atoms with Gasteiger partial charge in [-0.05, 0) is 32.0 Å². The lowest BCUT2D eigenvalue weighted by Crippen LogP contribution is -1.98. The average Bonchev–Trinajstić information content (AvgIpc) is 2.67. The van der Waals surface area contributed by atoms with E-state index in [2.05, 4.69) is 5.10 Å². The molecule has 0 fully saturated rings. The highest BCUT2D eigenvalue weighted by Gasteiger charge is 2.18. The van der Waals surface area contributed by atoms with E-state index in [4.69, 9.17) is 0 Å². The minimum atomic E-state index is -0.474. The predicted octanol–water partition coefficient (Wildman–Crippen LogP) is 2.99. The molecule has 0 spiro atoms. The van der Waals surface area contributed by atoms with Crippen LogP contribution in [-0.4, -0.2) is 20.5 Å². The van der Waals surface area contributed by atoms with Crippen LogP contribution < -0.4 is 0 Å². The first-order valence-corrected chi connectivity index (χ1v) is 6.68. The molecule has 0 atom stereocenters. The second-order valence-corrected chi connectivity index (χ2v) is 5.41. The molecular weight excluding hydrogens is 278 g/mol. The first-order valence-electron chi connectivity index (χ1n) is 5.86. The number of nitro benzene ring substituents is 1. The van der Waals surface area contributed by atoms with Crippen LogP contribution in [0.15, 0.2) is 34.2 Å². The Morgan fingerprint density at radius 1 is 1.40 bits per heavy atom. The van der Waals surface area contributed by atoms with Crippen LogP contribution in [0.3, 0.4) is 0 Å². The number of carbonyl (C=O) groups is 1. The first kappa shape index (κ1) is 14.3. The van der Waals surface area contributed by atoms with Crippen molar-refractivity contribution in [3.8, 4) is 0 Å². The third-order valence-electron chi connectivity index (χ3n) is 2.74. The highest BCUT2D eigenvalue weighted by molar-refractivity contribution is 7.99. The summed E-state index contributed by atoms with van der Waals surface area (Å²) in [4.78, 5) is 22.5. The van der Waals surface area contributed by atoms with Gasteiger partial charge in [-0.25, -0.2) is 0 Å². The summed E-state index contributed by atoms with van der Waals surface area (Å²) in [5.74, 6) is -0.193. The molecule has 6 nitrogen and oxygen atoms in total. The third kappa shape index (κ3) is 2.88. The summed E-state index contributed by atoms with van der Waals surface area (Å²) in [6, 6.07) is 6.37. The van der Waals surface area contributed by atoms with E-state index in [1.807, 2.05) is 13.0 Å². The molecule has 0 aliphatic heterocycles. The summed E-state index contributed by atoms with van der Waals surface area (Å²) < 4.78 is 1.67. The monoisotopic (exact) mass is 291 g/mol. The molecule has 1 aromatic carbocycles. The Morgan fingerprint density at radius 2 is 2.10 bits per heavy atom. The lowest BCUT2D eigenvalue weighted by molar-refractivity contribution is -0.387. The molecule has 0 aliphatic rings. The molecular formula is C13H13N3O3S. The summed E-state index contributed by atoms with van der Waals surface area (Å²) >= 11 is 1.26. The van der Waals surface area contributed by atoms with Crippen molar-refractivity contribution in [2.45, 2.75) is 23.8 Å². The maximum absolute atomic E-state index is 11.3. The van der Waals surface area contributed by atoms with E-state index in [-0.39, 0.29) is 11.5 Å². The van der Waals surface area contributed by atoms with E-state index in [0.717, 1.165) is 10.7 Å². The number of hydrogen-bond donors (Lipinski definition) is 0. The topological polar surface area (TPSA) is 78.0 Å². The van der Waals surface area contributed by atoms with Crippen molar-refractivity contribution in [3.05, 3.63) is 45.6 Å². The number of hydrogen-bond acceptors (Lipinski definition) is 5. The van der Waals surface area contributed by atoms with Gasteiger partial charge in [0, 0.05) is 18.7 Å². The molecule has 1 heterocycles. The van der Waals surface area contributed by atoms with E-state index in [1.54, 1.807) is 23.9 Å². The standard InChI is InChI=1S/C13H13N3O3S/c1-8-6-13(15(3)14-8)20-12-5-4-10(9(2)17)7-11(12)16(18)19/h4-7H,1-3H3. The molecule has 2 aromatic rings. The van der Waals surface area contributed by atoms with Crippen LogP contribution in [0.5, 0.6) is 0 Å². The second-order valence-electron chi connectivity index (χ2n) is 4.35. The lowest BCUT2D eigenvalue weighted by Gasteiger charge is -2.04. The normalized spacial score (nSPS) is 10.6. The van der Waals surface area contributed by atoms with E-state index in [9.17, 15) is 14.9 Å². The number of rotatable bonds is 4. The number of aromatic nitrogens is 2. The number of benzene rings is 1. The molecule has 0 saturated heterocycles. The molecule has 104 valence electrons. The van der Waals surface area contributed by atoms with Crippen molar-refractivity contribution in [1.82, 2.24) is 9.78 Å². The zero-order chi connectivity index (χ0) is 14.9. The number of nitrogens with zero attached hydrogens (tertiary/aromatic N) is 3. The third-order valence-corrected chi connectivity index (χ3v) is 3.89. The Balaban J connectivity index is 2.43. The van der Waals surface area contributed by atoms with Gasteiger partial charge in [0.1, 0.15) is 0 Å². The van der Waals surface area contributed by atoms with Crippen molar-refractivity contribution >= 4 is 23.2 Å². The first-order chi connectivity index (χ1) is 9.38. The van der Waals surface area contributed by atoms with Gasteiger partial charge in [-0.1, -0.05) is 11.8 Å². The number of ketones is 1. The van der Waals surface area contributed by atoms with Crippen LogP contribution in [0, 0.1) is 17.0 Å². The quantitative estimate of drug-likeness (QED) is 0.491. The molecule has 0 amide bonds. The van der Waals surface area contributed by atoms with Crippen molar-refractivity contribution in [2.24, 2.45) is 7.05 Å². The average molecular weight is 291 g/mol. The molecule has 0 saturated carbocycles. The predicted molar refractivity (Wildman–Crippen MR) is 75.2 cm³/mol. The van der Waals surface area contributed by atoms with E-state index in [0.29, 0.717) is 10.5 Å². The van der Waals surface area contributed by atoms with Gasteiger partial charge in [-0.3, -0.25) is 19.6 Å². The Labute approximate surface area is 119 Å². The molecule has 20 heavy (non-hydrogen) atoms. The molecule has 0 unspecified atom stereocenters. The van der Waals surface area contributed by atoms with E-state index < -0.39 is 4.92 Å². The van der Waals surface area contributed by atoms with Gasteiger partial charge in [0.2, 0.25) is 0 Å². The molecule has 0 radical (unpaired) electrons. The molecule has 0 aliphatic carbocycles. The Hall–Kier alpha value is -2.15. The van der Waals surface area contributed by atoms with Gasteiger partial charge in [0.15, 0.2) is 5.78 Å². The second kappa shape index (κ2) is 5.46. The van der Waals surface area contributed by atoms with Crippen molar-refractivity contribution < 1.29 is 9.72 Å². The smallest absolute Gasteiger partial charge is 0.284 e. The summed E-state index contributed by atoms with van der Waals surface area (Å²) in [5.41, 5.74) is 1.11. The fraction of sp³-hybridized carbons (Fsp3) is 0.231. The van der Waals surface area contributed by atoms with Crippen molar-refractivity contribution in [2.75, 3.05) is 0 Å². The van der Waals surface area contributed by atoms with Crippen LogP contribution in [0.25, 0.3) is 0 Å². The fourth-order valence-electron chi connectivity index (χ4n) is 1.76. The van der Waals surface area contributed by atoms with E-state index >= 15 is 0 Å². The molecule has 7 heteroatoms. The summed E-state index contributed by atoms with van der Waals surface area (Å²) in [5, 5.41) is 16.1. The summed E-state index contributed by atoms with van der Waals surface area (Å²) in [7, 11) is 1.78. The van der Waals surface area contributed by atoms with Crippen LogP contribution in [0.2, 0.25) is 0 Å². The van der Waals surface area contributed by atoms with Crippen LogP contribution in [-0.2, 0) is 7.05 Å². The summed E-state index contributed by atoms with van der Waals surface area (Å²) in [6.07, 6.45) is 0. The van der Waals surface area contributed by atoms with Gasteiger partial charge in [-0.15, -0.1) is 0 Å². The number of aryl methyl sites for hydroxylation is 2. The van der Waals surface area contributed by atoms with Crippen LogP contribution in [0.1, 0.15) is 23.0 Å². The highest BCUT2D eigenvalue weighted by atomic mass is 32.2. The van der Waals surface area contributed by atoms with Gasteiger partial charge in [0.05, 0.1) is 20.5 Å². The van der Waals surface area contributed by atoms with Gasteiger partial charge in [-0.2, -0.15) is 5.10 Å². The largest absolute Gasteiger partial charge is 0.295 e. The summed E-state index contributed by atoms with van der Waals surface area (Å²) in [6.45, 7) is 3.24. The van der Waals surface area contributed by atoms with Crippen molar-refractivity contribution in [3.63, 3.8) is 0 Å². The minimum Gasteiger partial charge on any atom is -0.295 e. The van der Waals surface area contributed by atoms with Gasteiger partial charge in [0.25, 0.3) is 5.69 Å². The lowest BCUT2D eigenvalue weighted by atomic mass is 10.1. The Morgan fingerprint density at radius 3 is 2.60 bits per heavy atom. The van der Waals surface area contributed by atoms with Crippen LogP contribution in [0.4, 0.5) is 5.69 Å². The van der Waals surface area contributed by atoms with Gasteiger partial charge >= 0.3 is 0 Å². The molecule has 2 rings (SSSR count). The van der Waals surface area contributed by atoms with Gasteiger partial charge < -0.3 is 0 Å². The van der Waals surface area contributed by atoms with Crippen molar-refractivity contribution in [1.29, 1.82) is 0 Å². The highest BCUT2D eigenvalue weighted by Crippen LogP contribution is 2.35. The number of carbonyl (C=O) groups excluding carboxylic acids is 1. The zero-order valence-electron chi connectivity index (χ0n) is 11.3. The Bertz CT molecular complexity index is 694.